The third kappa shape index (κ3) is 5.19. The van der Waals surface area contributed by atoms with Gasteiger partial charge in [0, 0.05) is 12.1 Å². The summed E-state index contributed by atoms with van der Waals surface area (Å²) in [5.41, 5.74) is 4.05. The molecular weight excluding hydrogens is 376 g/mol. The van der Waals surface area contributed by atoms with Crippen LogP contribution in [0.5, 0.6) is 11.5 Å². The van der Waals surface area contributed by atoms with E-state index in [4.69, 9.17) is 9.47 Å². The van der Waals surface area contributed by atoms with Crippen LogP contribution in [0.15, 0.2) is 72.8 Å². The van der Waals surface area contributed by atoms with E-state index >= 15 is 0 Å². The lowest BCUT2D eigenvalue weighted by Crippen LogP contribution is -2.39. The van der Waals surface area contributed by atoms with Gasteiger partial charge in [-0.25, -0.2) is 0 Å². The molecule has 30 heavy (non-hydrogen) atoms. The number of methoxy groups -OCH3 is 2. The number of nitrogens with one attached hydrogen (secondary N) is 2. The standard InChI is InChI=1S/C25H28N2O3/c1-17(19-10-12-21(13-11-19)20-8-6-5-7-9-20)26-18(2)25(28)27-23-16-22(29-3)14-15-24(23)30-4/h5-18,26H,1-4H3,(H,27,28)/t17-,18-/m0/s1. The average molecular weight is 405 g/mol. The molecule has 2 atom stereocenters. The highest BCUT2D eigenvalue weighted by atomic mass is 16.5. The van der Waals surface area contributed by atoms with Crippen LogP contribution < -0.4 is 20.1 Å². The van der Waals surface area contributed by atoms with Gasteiger partial charge in [-0.2, -0.15) is 0 Å². The van der Waals surface area contributed by atoms with Crippen LogP contribution in [0.2, 0.25) is 0 Å². The van der Waals surface area contributed by atoms with Crippen molar-refractivity contribution >= 4 is 11.6 Å². The van der Waals surface area contributed by atoms with Crippen LogP contribution in [0.25, 0.3) is 11.1 Å². The average Bonchev–Trinajstić information content (AvgIpc) is 2.79. The van der Waals surface area contributed by atoms with Crippen LogP contribution >= 0.6 is 0 Å². The van der Waals surface area contributed by atoms with Crippen molar-refractivity contribution in [2.24, 2.45) is 0 Å². The number of carbonyl (C=O) groups excluding carboxylic acids is 1. The van der Waals surface area contributed by atoms with E-state index in [1.807, 2.05) is 32.0 Å². The topological polar surface area (TPSA) is 59.6 Å². The Balaban J connectivity index is 1.64. The van der Waals surface area contributed by atoms with Gasteiger partial charge >= 0.3 is 0 Å². The Morgan fingerprint density at radius 2 is 1.50 bits per heavy atom. The van der Waals surface area contributed by atoms with Gasteiger partial charge in [0.1, 0.15) is 11.5 Å². The van der Waals surface area contributed by atoms with Crippen molar-refractivity contribution in [2.45, 2.75) is 25.9 Å². The molecule has 5 nitrogen and oxygen atoms in total. The predicted octanol–water partition coefficient (Wildman–Crippen LogP) is 5.05. The van der Waals surface area contributed by atoms with Crippen molar-refractivity contribution in [3.63, 3.8) is 0 Å². The van der Waals surface area contributed by atoms with Crippen LogP contribution in [0.4, 0.5) is 5.69 Å². The first kappa shape index (κ1) is 21.4. The first-order valence-electron chi connectivity index (χ1n) is 9.96. The molecule has 0 heterocycles. The van der Waals surface area contributed by atoms with Gasteiger partial charge in [0.25, 0.3) is 0 Å². The maximum Gasteiger partial charge on any atom is 0.241 e. The van der Waals surface area contributed by atoms with Gasteiger partial charge < -0.3 is 14.8 Å². The van der Waals surface area contributed by atoms with Crippen LogP contribution in [-0.4, -0.2) is 26.2 Å². The van der Waals surface area contributed by atoms with Gasteiger partial charge in [0.15, 0.2) is 0 Å². The van der Waals surface area contributed by atoms with Gasteiger partial charge in [-0.15, -0.1) is 0 Å². The summed E-state index contributed by atoms with van der Waals surface area (Å²) in [6.45, 7) is 3.89. The molecule has 0 aliphatic heterocycles. The highest BCUT2D eigenvalue weighted by Gasteiger charge is 2.18. The molecule has 0 radical (unpaired) electrons. The summed E-state index contributed by atoms with van der Waals surface area (Å²) >= 11 is 0. The number of carbonyl (C=O) groups is 1. The van der Waals surface area contributed by atoms with E-state index in [1.165, 1.54) is 11.1 Å². The molecule has 0 aromatic heterocycles. The molecule has 0 saturated carbocycles. The largest absolute Gasteiger partial charge is 0.497 e. The van der Waals surface area contributed by atoms with Crippen molar-refractivity contribution in [3.05, 3.63) is 78.4 Å². The Labute approximate surface area is 178 Å². The minimum Gasteiger partial charge on any atom is -0.497 e. The molecule has 3 aromatic rings. The molecule has 3 rings (SSSR count). The lowest BCUT2D eigenvalue weighted by Gasteiger charge is -2.21. The Hall–Kier alpha value is -3.31. The van der Waals surface area contributed by atoms with E-state index in [-0.39, 0.29) is 11.9 Å². The minimum absolute atomic E-state index is 0.0165. The molecule has 0 bridgehead atoms. The van der Waals surface area contributed by atoms with E-state index in [1.54, 1.807) is 32.4 Å². The third-order valence-electron chi connectivity index (χ3n) is 5.08. The number of ether oxygens (including phenoxy) is 2. The number of rotatable bonds is 8. The monoisotopic (exact) mass is 404 g/mol. The smallest absolute Gasteiger partial charge is 0.241 e. The summed E-state index contributed by atoms with van der Waals surface area (Å²) in [5, 5.41) is 6.27. The second-order valence-electron chi connectivity index (χ2n) is 7.15. The van der Waals surface area contributed by atoms with Crippen LogP contribution in [0.1, 0.15) is 25.5 Å². The second-order valence-corrected chi connectivity index (χ2v) is 7.15. The lowest BCUT2D eigenvalue weighted by molar-refractivity contribution is -0.117. The minimum atomic E-state index is -0.398. The SMILES string of the molecule is COc1ccc(OC)c(NC(=O)[C@H](C)N[C@@H](C)c2ccc(-c3ccccc3)cc2)c1. The normalized spacial score (nSPS) is 12.7. The number of benzene rings is 3. The quantitative estimate of drug-likeness (QED) is 0.552. The first-order valence-corrected chi connectivity index (χ1v) is 9.96. The lowest BCUT2D eigenvalue weighted by atomic mass is 10.0. The fraction of sp³-hybridized carbons (Fsp3) is 0.240. The fourth-order valence-electron chi connectivity index (χ4n) is 3.29. The molecule has 5 heteroatoms. The zero-order valence-corrected chi connectivity index (χ0v) is 17.8. The molecule has 0 saturated heterocycles. The summed E-state index contributed by atoms with van der Waals surface area (Å²) in [5.74, 6) is 1.09. The maximum absolute atomic E-state index is 12.7. The summed E-state index contributed by atoms with van der Waals surface area (Å²) in [6.07, 6.45) is 0. The predicted molar refractivity (Wildman–Crippen MR) is 121 cm³/mol. The molecule has 1 amide bonds. The highest BCUT2D eigenvalue weighted by Crippen LogP contribution is 2.29. The molecule has 156 valence electrons. The fourth-order valence-corrected chi connectivity index (χ4v) is 3.29. The summed E-state index contributed by atoms with van der Waals surface area (Å²) in [7, 11) is 3.16. The molecule has 2 N–H and O–H groups in total. The number of hydrogen-bond acceptors (Lipinski definition) is 4. The Morgan fingerprint density at radius 3 is 2.13 bits per heavy atom. The molecule has 0 aliphatic rings. The van der Waals surface area contributed by atoms with Crippen LogP contribution in [0, 0.1) is 0 Å². The first-order chi connectivity index (χ1) is 14.5. The third-order valence-corrected chi connectivity index (χ3v) is 5.08. The van der Waals surface area contributed by atoms with Crippen molar-refractivity contribution < 1.29 is 14.3 Å². The highest BCUT2D eigenvalue weighted by molar-refractivity contribution is 5.96. The number of anilines is 1. The van der Waals surface area contributed by atoms with Gasteiger partial charge in [-0.1, -0.05) is 54.6 Å². The molecule has 0 spiro atoms. The van der Waals surface area contributed by atoms with Gasteiger partial charge in [0.2, 0.25) is 5.91 Å². The van der Waals surface area contributed by atoms with E-state index in [0.29, 0.717) is 17.2 Å². The van der Waals surface area contributed by atoms with Gasteiger partial charge in [0.05, 0.1) is 25.9 Å². The van der Waals surface area contributed by atoms with Crippen molar-refractivity contribution in [2.75, 3.05) is 19.5 Å². The van der Waals surface area contributed by atoms with Crippen LogP contribution in [0.3, 0.4) is 0 Å². The summed E-state index contributed by atoms with van der Waals surface area (Å²) in [6, 6.07) is 23.6. The molecule has 0 aliphatic carbocycles. The Morgan fingerprint density at radius 1 is 0.833 bits per heavy atom. The van der Waals surface area contributed by atoms with Gasteiger partial charge in [-0.3, -0.25) is 10.1 Å². The summed E-state index contributed by atoms with van der Waals surface area (Å²) < 4.78 is 10.6. The van der Waals surface area contributed by atoms with E-state index in [0.717, 1.165) is 5.56 Å². The second kappa shape index (κ2) is 9.94. The maximum atomic E-state index is 12.7. The zero-order valence-electron chi connectivity index (χ0n) is 17.8. The van der Waals surface area contributed by atoms with E-state index < -0.39 is 6.04 Å². The molecular formula is C25H28N2O3. The molecule has 0 fully saturated rings. The Bertz CT molecular complexity index is 971. The van der Waals surface area contributed by atoms with Crippen LogP contribution in [-0.2, 0) is 4.79 Å². The van der Waals surface area contributed by atoms with E-state index in [9.17, 15) is 4.79 Å². The molecule has 3 aromatic carbocycles. The van der Waals surface area contributed by atoms with E-state index in [2.05, 4.69) is 47.0 Å². The number of amides is 1. The van der Waals surface area contributed by atoms with Crippen molar-refractivity contribution in [1.29, 1.82) is 0 Å². The Kier molecular flexibility index (Phi) is 7.09. The van der Waals surface area contributed by atoms with Crippen molar-refractivity contribution in [3.8, 4) is 22.6 Å². The zero-order chi connectivity index (χ0) is 21.5. The molecule has 0 unspecified atom stereocenters. The summed E-state index contributed by atoms with van der Waals surface area (Å²) in [4.78, 5) is 12.7. The number of hydrogen-bond donors (Lipinski definition) is 2. The van der Waals surface area contributed by atoms with Gasteiger partial charge in [-0.05, 0) is 42.7 Å². The van der Waals surface area contributed by atoms with Crippen molar-refractivity contribution in [1.82, 2.24) is 5.32 Å².